The molecule has 1 aromatic heterocycles. The topological polar surface area (TPSA) is 70.8 Å². The molecule has 1 aliphatic heterocycles. The van der Waals surface area contributed by atoms with Crippen molar-refractivity contribution in [3.63, 3.8) is 0 Å². The van der Waals surface area contributed by atoms with Crippen molar-refractivity contribution >= 4 is 16.9 Å². The minimum absolute atomic E-state index is 0.0485. The average molecular weight is 377 g/mol. The minimum Gasteiger partial charge on any atom is -0.450 e. The third-order valence-corrected chi connectivity index (χ3v) is 5.55. The first-order chi connectivity index (χ1) is 13.6. The third kappa shape index (κ3) is 3.34. The van der Waals surface area contributed by atoms with E-state index in [2.05, 4.69) is 0 Å². The number of aliphatic hydroxyl groups excluding tert-OH is 1. The van der Waals surface area contributed by atoms with E-state index in [-0.39, 0.29) is 23.0 Å². The lowest BCUT2D eigenvalue weighted by Gasteiger charge is -2.35. The number of hydrogen-bond donors (Lipinski definition) is 1. The number of rotatable bonds is 3. The van der Waals surface area contributed by atoms with Crippen LogP contribution in [-0.4, -0.2) is 29.0 Å². The first-order valence-corrected chi connectivity index (χ1v) is 9.61. The Hall–Kier alpha value is -2.92. The fraction of sp³-hybridized carbons (Fsp3) is 0.304. The van der Waals surface area contributed by atoms with Crippen LogP contribution in [0.1, 0.15) is 40.6 Å². The van der Waals surface area contributed by atoms with Crippen LogP contribution in [0.4, 0.5) is 0 Å². The third-order valence-electron chi connectivity index (χ3n) is 5.55. The normalized spacial score (nSPS) is 18.2. The fourth-order valence-corrected chi connectivity index (χ4v) is 3.96. The van der Waals surface area contributed by atoms with Gasteiger partial charge < -0.3 is 14.4 Å². The molecule has 28 heavy (non-hydrogen) atoms. The highest BCUT2D eigenvalue weighted by atomic mass is 16.3. The molecule has 5 nitrogen and oxygen atoms in total. The first-order valence-electron chi connectivity index (χ1n) is 9.61. The van der Waals surface area contributed by atoms with Gasteiger partial charge in [-0.1, -0.05) is 42.5 Å². The maximum absolute atomic E-state index is 13.1. The molecule has 3 aromatic rings. The van der Waals surface area contributed by atoms with Gasteiger partial charge >= 0.3 is 0 Å². The predicted octanol–water partition coefficient (Wildman–Crippen LogP) is 3.69. The average Bonchev–Trinajstić information content (AvgIpc) is 2.76. The second-order valence-corrected chi connectivity index (χ2v) is 7.39. The molecule has 2 atom stereocenters. The van der Waals surface area contributed by atoms with Gasteiger partial charge in [-0.15, -0.1) is 0 Å². The van der Waals surface area contributed by atoms with E-state index in [0.29, 0.717) is 29.6 Å². The summed E-state index contributed by atoms with van der Waals surface area (Å²) in [5.41, 5.74) is 1.42. The monoisotopic (exact) mass is 377 g/mol. The lowest BCUT2D eigenvalue weighted by molar-refractivity contribution is 0.0380. The minimum atomic E-state index is -0.624. The van der Waals surface area contributed by atoms with Gasteiger partial charge in [0.15, 0.2) is 11.2 Å². The number of benzene rings is 2. The van der Waals surface area contributed by atoms with Gasteiger partial charge in [-0.3, -0.25) is 9.59 Å². The molecule has 1 amide bonds. The van der Waals surface area contributed by atoms with Crippen molar-refractivity contribution in [2.45, 2.75) is 25.9 Å². The Bertz CT molecular complexity index is 1060. The van der Waals surface area contributed by atoms with Crippen LogP contribution in [0.5, 0.6) is 0 Å². The Morgan fingerprint density at radius 1 is 1.14 bits per heavy atom. The Kier molecular flexibility index (Phi) is 5.01. The quantitative estimate of drug-likeness (QED) is 0.756. The van der Waals surface area contributed by atoms with E-state index in [4.69, 9.17) is 4.42 Å². The van der Waals surface area contributed by atoms with Gasteiger partial charge in [-0.25, -0.2) is 0 Å². The lowest BCUT2D eigenvalue weighted by atomic mass is 9.88. The van der Waals surface area contributed by atoms with Gasteiger partial charge in [-0.2, -0.15) is 0 Å². The molecule has 2 aromatic carbocycles. The second kappa shape index (κ2) is 7.60. The molecule has 144 valence electrons. The summed E-state index contributed by atoms with van der Waals surface area (Å²) in [7, 11) is 0. The second-order valence-electron chi connectivity index (χ2n) is 7.39. The molecule has 0 bridgehead atoms. The molecule has 1 saturated heterocycles. The van der Waals surface area contributed by atoms with Crippen LogP contribution in [0.15, 0.2) is 63.8 Å². The molecule has 1 N–H and O–H groups in total. The van der Waals surface area contributed by atoms with E-state index in [1.165, 1.54) is 0 Å². The van der Waals surface area contributed by atoms with Crippen molar-refractivity contribution in [2.75, 3.05) is 13.1 Å². The van der Waals surface area contributed by atoms with Gasteiger partial charge in [0.05, 0.1) is 11.5 Å². The number of piperidine rings is 1. The van der Waals surface area contributed by atoms with Crippen LogP contribution in [0.3, 0.4) is 0 Å². The zero-order valence-electron chi connectivity index (χ0n) is 15.8. The summed E-state index contributed by atoms with van der Waals surface area (Å²) in [6.07, 6.45) is 1.03. The van der Waals surface area contributed by atoms with Gasteiger partial charge in [-0.05, 0) is 37.5 Å². The highest BCUT2D eigenvalue weighted by molar-refractivity contribution is 5.94. The molecule has 0 radical (unpaired) electrons. The Labute approximate surface area is 163 Å². The van der Waals surface area contributed by atoms with Crippen molar-refractivity contribution in [1.82, 2.24) is 4.90 Å². The van der Waals surface area contributed by atoms with E-state index in [9.17, 15) is 14.7 Å². The molecule has 0 spiro atoms. The van der Waals surface area contributed by atoms with Crippen LogP contribution in [0.2, 0.25) is 0 Å². The number of carbonyl (C=O) groups excluding carboxylic acids is 1. The van der Waals surface area contributed by atoms with Crippen LogP contribution < -0.4 is 5.43 Å². The molecule has 0 saturated carbocycles. The Balaban J connectivity index is 1.61. The van der Waals surface area contributed by atoms with Crippen molar-refractivity contribution in [3.05, 3.63) is 81.7 Å². The number of carbonyl (C=O) groups is 1. The smallest absolute Gasteiger partial charge is 0.290 e. The van der Waals surface area contributed by atoms with Gasteiger partial charge in [0.25, 0.3) is 5.91 Å². The predicted molar refractivity (Wildman–Crippen MR) is 107 cm³/mol. The van der Waals surface area contributed by atoms with E-state index >= 15 is 0 Å². The molecular formula is C23H23NO4. The number of aliphatic hydroxyl groups is 1. The summed E-state index contributed by atoms with van der Waals surface area (Å²) in [5.74, 6) is -0.239. The summed E-state index contributed by atoms with van der Waals surface area (Å²) >= 11 is 0. The van der Waals surface area contributed by atoms with Crippen molar-refractivity contribution < 1.29 is 14.3 Å². The number of fused-ring (bicyclic) bond motifs is 1. The maximum Gasteiger partial charge on any atom is 0.290 e. The highest BCUT2D eigenvalue weighted by Crippen LogP contribution is 2.30. The van der Waals surface area contributed by atoms with Crippen molar-refractivity contribution in [3.8, 4) is 0 Å². The number of hydrogen-bond acceptors (Lipinski definition) is 4. The number of nitrogens with zero attached hydrogens (tertiary/aromatic N) is 1. The molecule has 5 heteroatoms. The van der Waals surface area contributed by atoms with Crippen LogP contribution in [0, 0.1) is 12.8 Å². The van der Waals surface area contributed by atoms with E-state index in [0.717, 1.165) is 18.4 Å². The standard InChI is InChI=1S/C23H23NO4/c1-15-20(25)18-11-5-6-12-19(18)28-22(15)23(27)24-13-7-10-17(14-24)21(26)16-8-3-2-4-9-16/h2-6,8-9,11-12,17,21,26H,7,10,13-14H2,1H3. The molecule has 2 unspecified atom stereocenters. The zero-order valence-corrected chi connectivity index (χ0v) is 15.8. The summed E-state index contributed by atoms with van der Waals surface area (Å²) in [5, 5.41) is 11.2. The lowest BCUT2D eigenvalue weighted by Crippen LogP contribution is -2.42. The number of likely N-dealkylation sites (tertiary alicyclic amines) is 1. The summed E-state index contributed by atoms with van der Waals surface area (Å²) in [6.45, 7) is 2.66. The largest absolute Gasteiger partial charge is 0.450 e. The van der Waals surface area contributed by atoms with Crippen LogP contribution in [0.25, 0.3) is 11.0 Å². The number of amides is 1. The molecule has 1 fully saturated rings. The summed E-state index contributed by atoms with van der Waals surface area (Å²) in [4.78, 5) is 27.5. The molecule has 1 aliphatic rings. The van der Waals surface area contributed by atoms with E-state index in [1.54, 1.807) is 36.1 Å². The molecular weight excluding hydrogens is 354 g/mol. The summed E-state index contributed by atoms with van der Waals surface area (Å²) in [6, 6.07) is 16.5. The Morgan fingerprint density at radius 3 is 2.64 bits per heavy atom. The van der Waals surface area contributed by atoms with Crippen LogP contribution in [-0.2, 0) is 0 Å². The molecule has 0 aliphatic carbocycles. The van der Waals surface area contributed by atoms with Crippen molar-refractivity contribution in [1.29, 1.82) is 0 Å². The van der Waals surface area contributed by atoms with Crippen LogP contribution >= 0.6 is 0 Å². The van der Waals surface area contributed by atoms with Gasteiger partial charge in [0.2, 0.25) is 0 Å². The van der Waals surface area contributed by atoms with E-state index in [1.807, 2.05) is 30.3 Å². The van der Waals surface area contributed by atoms with Crippen molar-refractivity contribution in [2.24, 2.45) is 5.92 Å². The zero-order chi connectivity index (χ0) is 19.7. The SMILES string of the molecule is Cc1c(C(=O)N2CCCC(C(O)c3ccccc3)C2)oc2ccccc2c1=O. The summed E-state index contributed by atoms with van der Waals surface area (Å²) < 4.78 is 5.82. The highest BCUT2D eigenvalue weighted by Gasteiger charge is 2.31. The van der Waals surface area contributed by atoms with Gasteiger partial charge in [0, 0.05) is 24.6 Å². The van der Waals surface area contributed by atoms with E-state index < -0.39 is 6.10 Å². The molecule has 2 heterocycles. The first kappa shape index (κ1) is 18.4. The molecule has 4 rings (SSSR count). The number of para-hydroxylation sites is 1. The fourth-order valence-electron chi connectivity index (χ4n) is 3.96. The maximum atomic E-state index is 13.1. The Morgan fingerprint density at radius 2 is 1.86 bits per heavy atom. The van der Waals surface area contributed by atoms with Gasteiger partial charge in [0.1, 0.15) is 5.58 Å².